The molecule has 0 atom stereocenters. The van der Waals surface area contributed by atoms with E-state index in [1.807, 2.05) is 30.3 Å². The molecule has 3 aromatic rings. The quantitative estimate of drug-likeness (QED) is 0.773. The van der Waals surface area contributed by atoms with E-state index in [1.165, 1.54) is 16.9 Å². The molecule has 0 unspecified atom stereocenters. The monoisotopic (exact) mass is 268 g/mol. The van der Waals surface area contributed by atoms with Gasteiger partial charge >= 0.3 is 5.97 Å². The first-order valence-electron chi connectivity index (χ1n) is 6.01. The second-order valence-corrected chi connectivity index (χ2v) is 5.36. The molecule has 0 aliphatic carbocycles. The van der Waals surface area contributed by atoms with Crippen molar-refractivity contribution in [3.8, 4) is 0 Å². The molecule has 0 saturated carbocycles. The van der Waals surface area contributed by atoms with E-state index in [-0.39, 0.29) is 0 Å². The second-order valence-electron chi connectivity index (χ2n) is 4.45. The Hall–Kier alpha value is -2.13. The van der Waals surface area contributed by atoms with Gasteiger partial charge in [0.25, 0.3) is 0 Å². The molecule has 0 spiro atoms. The second kappa shape index (κ2) is 4.86. The number of carbonyl (C=O) groups is 1. The molecule has 2 aromatic carbocycles. The van der Waals surface area contributed by atoms with Gasteiger partial charge in [-0.15, -0.1) is 11.3 Å². The maximum absolute atomic E-state index is 11.2. The Bertz CT molecular complexity index is 729. The van der Waals surface area contributed by atoms with Gasteiger partial charge in [0.1, 0.15) is 0 Å². The van der Waals surface area contributed by atoms with Crippen LogP contribution >= 0.6 is 11.3 Å². The maximum Gasteiger partial charge on any atom is 0.337 e. The van der Waals surface area contributed by atoms with Crippen LogP contribution in [0.15, 0.2) is 53.9 Å². The average molecular weight is 268 g/mol. The van der Waals surface area contributed by atoms with Gasteiger partial charge in [0.2, 0.25) is 0 Å². The van der Waals surface area contributed by atoms with Crippen LogP contribution in [0.3, 0.4) is 0 Å². The van der Waals surface area contributed by atoms with Crippen molar-refractivity contribution in [3.63, 3.8) is 0 Å². The van der Waals surface area contributed by atoms with Crippen molar-refractivity contribution < 1.29 is 9.90 Å². The Kier molecular flexibility index (Phi) is 3.05. The molecular weight excluding hydrogens is 256 g/mol. The van der Waals surface area contributed by atoms with Crippen LogP contribution in [0.1, 0.15) is 21.5 Å². The van der Waals surface area contributed by atoms with Crippen LogP contribution in [0.2, 0.25) is 0 Å². The third kappa shape index (κ3) is 2.37. The Morgan fingerprint density at radius 3 is 2.58 bits per heavy atom. The minimum atomic E-state index is -0.858. The first-order valence-corrected chi connectivity index (χ1v) is 6.89. The van der Waals surface area contributed by atoms with Gasteiger partial charge in [-0.2, -0.15) is 0 Å². The summed E-state index contributed by atoms with van der Waals surface area (Å²) in [6.07, 6.45) is 0.825. The number of rotatable bonds is 3. The van der Waals surface area contributed by atoms with Crippen LogP contribution in [0, 0.1) is 0 Å². The van der Waals surface area contributed by atoms with Crippen LogP contribution in [0.4, 0.5) is 0 Å². The Morgan fingerprint density at radius 2 is 1.84 bits per heavy atom. The highest BCUT2D eigenvalue weighted by atomic mass is 32.1. The zero-order chi connectivity index (χ0) is 13.2. The van der Waals surface area contributed by atoms with Crippen LogP contribution < -0.4 is 0 Å². The Morgan fingerprint density at radius 1 is 1.05 bits per heavy atom. The summed E-state index contributed by atoms with van der Waals surface area (Å²) < 4.78 is 1.02. The van der Waals surface area contributed by atoms with Crippen LogP contribution in [-0.2, 0) is 6.42 Å². The van der Waals surface area contributed by atoms with E-state index in [0.717, 1.165) is 22.1 Å². The molecule has 0 bridgehead atoms. The Balaban J connectivity index is 2.01. The molecule has 1 aromatic heterocycles. The molecular formula is C16H12O2S. The molecule has 3 heteroatoms. The number of carboxylic acid groups (broad SMARTS) is 1. The SMILES string of the molecule is O=C(O)c1csc2ccc(Cc3ccccc3)cc12. The predicted octanol–water partition coefficient (Wildman–Crippen LogP) is 4.19. The maximum atomic E-state index is 11.2. The van der Waals surface area contributed by atoms with E-state index >= 15 is 0 Å². The van der Waals surface area contributed by atoms with Crippen molar-refractivity contribution in [2.24, 2.45) is 0 Å². The summed E-state index contributed by atoms with van der Waals surface area (Å²) in [6, 6.07) is 16.2. The molecule has 2 nitrogen and oxygen atoms in total. The molecule has 0 aliphatic heterocycles. The summed E-state index contributed by atoms with van der Waals surface area (Å²) in [7, 11) is 0. The van der Waals surface area contributed by atoms with E-state index < -0.39 is 5.97 Å². The molecule has 0 fully saturated rings. The molecule has 1 N–H and O–H groups in total. The molecule has 3 rings (SSSR count). The van der Waals surface area contributed by atoms with Crippen molar-refractivity contribution in [2.45, 2.75) is 6.42 Å². The summed E-state index contributed by atoms with van der Waals surface area (Å²) in [5.41, 5.74) is 2.77. The number of thiophene rings is 1. The molecule has 0 saturated heterocycles. The average Bonchev–Trinajstić information content (AvgIpc) is 2.83. The third-order valence-electron chi connectivity index (χ3n) is 3.12. The Labute approximate surface area is 114 Å². The number of hydrogen-bond acceptors (Lipinski definition) is 2. The molecule has 0 amide bonds. The molecule has 94 valence electrons. The fourth-order valence-corrected chi connectivity index (χ4v) is 3.10. The number of hydrogen-bond donors (Lipinski definition) is 1. The third-order valence-corrected chi connectivity index (χ3v) is 4.08. The van der Waals surface area contributed by atoms with Crippen LogP contribution in [0.5, 0.6) is 0 Å². The largest absolute Gasteiger partial charge is 0.478 e. The summed E-state index contributed by atoms with van der Waals surface area (Å²) in [5.74, 6) is -0.858. The highest BCUT2D eigenvalue weighted by Gasteiger charge is 2.11. The number of fused-ring (bicyclic) bond motifs is 1. The summed E-state index contributed by atoms with van der Waals surface area (Å²) >= 11 is 1.48. The summed E-state index contributed by atoms with van der Waals surface area (Å²) in [4.78, 5) is 11.2. The van der Waals surface area contributed by atoms with Crippen LogP contribution in [-0.4, -0.2) is 11.1 Å². The van der Waals surface area contributed by atoms with Crippen LogP contribution in [0.25, 0.3) is 10.1 Å². The smallest absolute Gasteiger partial charge is 0.337 e. The summed E-state index contributed by atoms with van der Waals surface area (Å²) in [5, 5.41) is 11.7. The predicted molar refractivity (Wildman–Crippen MR) is 78.0 cm³/mol. The van der Waals surface area contributed by atoms with E-state index in [0.29, 0.717) is 5.56 Å². The zero-order valence-corrected chi connectivity index (χ0v) is 11.0. The van der Waals surface area contributed by atoms with Gasteiger partial charge in [-0.3, -0.25) is 0 Å². The normalized spacial score (nSPS) is 10.7. The minimum absolute atomic E-state index is 0.398. The zero-order valence-electron chi connectivity index (χ0n) is 10.2. The molecule has 19 heavy (non-hydrogen) atoms. The lowest BCUT2D eigenvalue weighted by Crippen LogP contribution is -1.94. The summed E-state index contributed by atoms with van der Waals surface area (Å²) in [6.45, 7) is 0. The number of benzene rings is 2. The highest BCUT2D eigenvalue weighted by Crippen LogP contribution is 2.27. The molecule has 0 radical (unpaired) electrons. The van der Waals surface area contributed by atoms with E-state index in [2.05, 4.69) is 18.2 Å². The van der Waals surface area contributed by atoms with E-state index in [1.54, 1.807) is 5.38 Å². The number of aromatic carboxylic acids is 1. The topological polar surface area (TPSA) is 37.3 Å². The van der Waals surface area contributed by atoms with E-state index in [4.69, 9.17) is 5.11 Å². The molecule has 0 aliphatic rings. The number of carboxylic acids is 1. The lowest BCUT2D eigenvalue weighted by molar-refractivity contribution is 0.0699. The highest BCUT2D eigenvalue weighted by molar-refractivity contribution is 7.17. The first kappa shape index (κ1) is 11.9. The van der Waals surface area contributed by atoms with Crippen molar-refractivity contribution in [2.75, 3.05) is 0 Å². The lowest BCUT2D eigenvalue weighted by Gasteiger charge is -2.02. The van der Waals surface area contributed by atoms with E-state index in [9.17, 15) is 4.79 Å². The molecule has 1 heterocycles. The van der Waals surface area contributed by atoms with Crippen molar-refractivity contribution in [3.05, 3.63) is 70.6 Å². The van der Waals surface area contributed by atoms with Gasteiger partial charge in [0.05, 0.1) is 5.56 Å². The van der Waals surface area contributed by atoms with Crippen molar-refractivity contribution in [1.29, 1.82) is 0 Å². The first-order chi connectivity index (χ1) is 9.24. The lowest BCUT2D eigenvalue weighted by atomic mass is 10.0. The van der Waals surface area contributed by atoms with Gasteiger partial charge in [-0.1, -0.05) is 36.4 Å². The fraction of sp³-hybridized carbons (Fsp3) is 0.0625. The van der Waals surface area contributed by atoms with Gasteiger partial charge < -0.3 is 5.11 Å². The minimum Gasteiger partial charge on any atom is -0.478 e. The van der Waals surface area contributed by atoms with Crippen molar-refractivity contribution >= 4 is 27.4 Å². The van der Waals surface area contributed by atoms with Gasteiger partial charge in [0.15, 0.2) is 0 Å². The van der Waals surface area contributed by atoms with Crippen molar-refractivity contribution in [1.82, 2.24) is 0 Å². The van der Waals surface area contributed by atoms with Gasteiger partial charge in [0, 0.05) is 15.5 Å². The standard InChI is InChI=1S/C16H12O2S/c17-16(18)14-10-19-15-7-6-12(9-13(14)15)8-11-4-2-1-3-5-11/h1-7,9-10H,8H2,(H,17,18). The van der Waals surface area contributed by atoms with Gasteiger partial charge in [-0.25, -0.2) is 4.79 Å². The fourth-order valence-electron chi connectivity index (χ4n) is 2.18. The van der Waals surface area contributed by atoms with Gasteiger partial charge in [-0.05, 0) is 29.7 Å².